The van der Waals surface area contributed by atoms with Gasteiger partial charge in [0.2, 0.25) is 5.91 Å². The Kier molecular flexibility index (Phi) is 4.85. The summed E-state index contributed by atoms with van der Waals surface area (Å²) in [5.74, 6) is 1.43. The normalized spacial score (nSPS) is 28.2. The summed E-state index contributed by atoms with van der Waals surface area (Å²) < 4.78 is 10.7. The van der Waals surface area contributed by atoms with Gasteiger partial charge in [-0.05, 0) is 49.9 Å². The molecule has 0 spiro atoms. The molecule has 140 valence electrons. The molecule has 2 amide bonds. The number of hydrogen-bond acceptors (Lipinski definition) is 4. The molecule has 4 rings (SSSR count). The van der Waals surface area contributed by atoms with Crippen molar-refractivity contribution >= 4 is 11.8 Å². The van der Waals surface area contributed by atoms with Crippen LogP contribution < -0.4 is 10.1 Å². The van der Waals surface area contributed by atoms with Crippen LogP contribution in [0.4, 0.5) is 0 Å². The summed E-state index contributed by atoms with van der Waals surface area (Å²) in [5, 5.41) is 3.21. The first-order valence-corrected chi connectivity index (χ1v) is 9.51. The van der Waals surface area contributed by atoms with E-state index in [0.29, 0.717) is 30.7 Å². The van der Waals surface area contributed by atoms with Crippen molar-refractivity contribution in [2.24, 2.45) is 11.8 Å². The van der Waals surface area contributed by atoms with Crippen LogP contribution in [0.15, 0.2) is 24.3 Å². The van der Waals surface area contributed by atoms with Gasteiger partial charge in [-0.25, -0.2) is 0 Å². The summed E-state index contributed by atoms with van der Waals surface area (Å²) in [5.41, 5.74) is 0.662. The van der Waals surface area contributed by atoms with Crippen LogP contribution in [0.25, 0.3) is 0 Å². The van der Waals surface area contributed by atoms with E-state index in [1.165, 1.54) is 0 Å². The molecule has 2 saturated heterocycles. The van der Waals surface area contributed by atoms with E-state index < -0.39 is 0 Å². The van der Waals surface area contributed by atoms with Crippen LogP contribution in [0.1, 0.15) is 36.0 Å². The van der Waals surface area contributed by atoms with Crippen LogP contribution in [0.2, 0.25) is 0 Å². The maximum absolute atomic E-state index is 12.6. The van der Waals surface area contributed by atoms with Gasteiger partial charge in [0, 0.05) is 43.1 Å². The summed E-state index contributed by atoms with van der Waals surface area (Å²) in [6.07, 6.45) is 3.83. The molecule has 1 aromatic rings. The Morgan fingerprint density at radius 2 is 1.88 bits per heavy atom. The van der Waals surface area contributed by atoms with E-state index in [9.17, 15) is 9.59 Å². The predicted molar refractivity (Wildman–Crippen MR) is 96.0 cm³/mol. The highest BCUT2D eigenvalue weighted by atomic mass is 16.5. The molecule has 0 aromatic heterocycles. The maximum atomic E-state index is 12.6. The number of piperidine rings is 1. The number of amides is 2. The predicted octanol–water partition coefficient (Wildman–Crippen LogP) is 1.84. The van der Waals surface area contributed by atoms with E-state index >= 15 is 0 Å². The minimum Gasteiger partial charge on any atom is -0.497 e. The molecule has 3 aliphatic rings. The first-order valence-electron chi connectivity index (χ1n) is 9.51. The molecular weight excluding hydrogens is 332 g/mol. The Bertz CT molecular complexity index is 667. The third-order valence-electron chi connectivity index (χ3n) is 6.08. The number of benzene rings is 1. The lowest BCUT2D eigenvalue weighted by molar-refractivity contribution is -0.129. The molecule has 1 aliphatic carbocycles. The summed E-state index contributed by atoms with van der Waals surface area (Å²) in [6, 6.07) is 7.46. The first-order chi connectivity index (χ1) is 12.7. The van der Waals surface area contributed by atoms with Gasteiger partial charge in [0.05, 0.1) is 13.2 Å². The number of carbonyl (C=O) groups excluding carboxylic acids is 2. The van der Waals surface area contributed by atoms with Crippen molar-refractivity contribution < 1.29 is 19.1 Å². The monoisotopic (exact) mass is 358 g/mol. The number of nitrogens with zero attached hydrogens (tertiary/aromatic N) is 1. The molecule has 6 heteroatoms. The van der Waals surface area contributed by atoms with Crippen molar-refractivity contribution in [2.45, 2.75) is 37.8 Å². The standard InChI is InChI=1S/C20H26N2O4/c1-25-15-4-2-14(3-5-15)20(24)22-9-6-13(7-10-22)19(23)21-17-12-18-16(17)8-11-26-18/h2-5,13,16-18H,6-12H2,1H3,(H,21,23)/t16-,17+,18+/m1/s1. The smallest absolute Gasteiger partial charge is 0.253 e. The lowest BCUT2D eigenvalue weighted by atomic mass is 9.76. The average Bonchev–Trinajstić information content (AvgIpc) is 3.06. The lowest BCUT2D eigenvalue weighted by Crippen LogP contribution is -2.55. The Balaban J connectivity index is 1.26. The number of likely N-dealkylation sites (tertiary alicyclic amines) is 1. The number of nitrogens with one attached hydrogen (secondary N) is 1. The first kappa shape index (κ1) is 17.3. The van der Waals surface area contributed by atoms with Crippen LogP contribution in [0.5, 0.6) is 5.75 Å². The SMILES string of the molecule is COc1ccc(C(=O)N2CCC(C(=O)N[C@H]3C[C@@H]4OCC[C@H]34)CC2)cc1. The number of carbonyl (C=O) groups is 2. The quantitative estimate of drug-likeness (QED) is 0.892. The molecule has 0 radical (unpaired) electrons. The largest absolute Gasteiger partial charge is 0.497 e. The fourth-order valence-corrected chi connectivity index (χ4v) is 4.32. The van der Waals surface area contributed by atoms with E-state index in [1.807, 2.05) is 4.90 Å². The molecule has 1 aromatic carbocycles. The van der Waals surface area contributed by atoms with Crippen LogP contribution in [-0.2, 0) is 9.53 Å². The van der Waals surface area contributed by atoms with E-state index in [2.05, 4.69) is 5.32 Å². The van der Waals surface area contributed by atoms with Gasteiger partial charge in [0.15, 0.2) is 0 Å². The zero-order chi connectivity index (χ0) is 18.1. The zero-order valence-electron chi connectivity index (χ0n) is 15.1. The van der Waals surface area contributed by atoms with Gasteiger partial charge in [0.25, 0.3) is 5.91 Å². The Morgan fingerprint density at radius 1 is 1.15 bits per heavy atom. The van der Waals surface area contributed by atoms with E-state index in [4.69, 9.17) is 9.47 Å². The molecular formula is C20H26N2O4. The van der Waals surface area contributed by atoms with Gasteiger partial charge in [-0.1, -0.05) is 0 Å². The number of methoxy groups -OCH3 is 1. The highest BCUT2D eigenvalue weighted by Crippen LogP contribution is 2.38. The van der Waals surface area contributed by atoms with Crippen LogP contribution in [0.3, 0.4) is 0 Å². The maximum Gasteiger partial charge on any atom is 0.253 e. The molecule has 1 saturated carbocycles. The Hall–Kier alpha value is -2.08. The van der Waals surface area contributed by atoms with Crippen LogP contribution in [0, 0.1) is 11.8 Å². The third-order valence-corrected chi connectivity index (χ3v) is 6.08. The van der Waals surface area contributed by atoms with Gasteiger partial charge >= 0.3 is 0 Å². The second-order valence-corrected chi connectivity index (χ2v) is 7.51. The van der Waals surface area contributed by atoms with Crippen LogP contribution >= 0.6 is 0 Å². The minimum absolute atomic E-state index is 0.0105. The number of fused-ring (bicyclic) bond motifs is 1. The summed E-state index contributed by atoms with van der Waals surface area (Å²) in [6.45, 7) is 2.08. The van der Waals surface area contributed by atoms with E-state index in [1.54, 1.807) is 31.4 Å². The second kappa shape index (κ2) is 7.27. The van der Waals surface area contributed by atoms with Crippen LogP contribution in [-0.4, -0.2) is 55.7 Å². The highest BCUT2D eigenvalue weighted by Gasteiger charge is 2.46. The van der Waals surface area contributed by atoms with Crippen molar-refractivity contribution in [3.8, 4) is 5.75 Å². The third kappa shape index (κ3) is 3.30. The fraction of sp³-hybridized carbons (Fsp3) is 0.600. The van der Waals surface area contributed by atoms with Crippen molar-refractivity contribution in [1.82, 2.24) is 10.2 Å². The van der Waals surface area contributed by atoms with E-state index in [-0.39, 0.29) is 23.8 Å². The van der Waals surface area contributed by atoms with E-state index in [0.717, 1.165) is 38.0 Å². The molecule has 2 heterocycles. The van der Waals surface area contributed by atoms with Gasteiger partial charge in [-0.15, -0.1) is 0 Å². The topological polar surface area (TPSA) is 67.9 Å². The lowest BCUT2D eigenvalue weighted by Gasteiger charge is -2.40. The highest BCUT2D eigenvalue weighted by molar-refractivity contribution is 5.94. The van der Waals surface area contributed by atoms with Gasteiger partial charge in [-0.2, -0.15) is 0 Å². The van der Waals surface area contributed by atoms with Gasteiger partial charge in [0.1, 0.15) is 5.75 Å². The van der Waals surface area contributed by atoms with Crippen molar-refractivity contribution in [3.05, 3.63) is 29.8 Å². The molecule has 3 fully saturated rings. The summed E-state index contributed by atoms with van der Waals surface area (Å²) in [7, 11) is 1.61. The molecule has 3 atom stereocenters. The molecule has 1 N–H and O–H groups in total. The number of ether oxygens (including phenoxy) is 2. The summed E-state index contributed by atoms with van der Waals surface area (Å²) in [4.78, 5) is 27.0. The molecule has 2 aliphatic heterocycles. The average molecular weight is 358 g/mol. The molecule has 6 nitrogen and oxygen atoms in total. The fourth-order valence-electron chi connectivity index (χ4n) is 4.32. The zero-order valence-corrected chi connectivity index (χ0v) is 15.1. The molecule has 26 heavy (non-hydrogen) atoms. The second-order valence-electron chi connectivity index (χ2n) is 7.51. The number of rotatable bonds is 4. The summed E-state index contributed by atoms with van der Waals surface area (Å²) >= 11 is 0. The minimum atomic E-state index is 0.0105. The van der Waals surface area contributed by atoms with Gasteiger partial charge in [-0.3, -0.25) is 9.59 Å². The molecule has 0 unspecified atom stereocenters. The van der Waals surface area contributed by atoms with Crippen molar-refractivity contribution in [1.29, 1.82) is 0 Å². The Labute approximate surface area is 153 Å². The molecule has 0 bridgehead atoms. The van der Waals surface area contributed by atoms with Crippen molar-refractivity contribution in [3.63, 3.8) is 0 Å². The van der Waals surface area contributed by atoms with Gasteiger partial charge < -0.3 is 19.7 Å². The Morgan fingerprint density at radius 3 is 2.54 bits per heavy atom. The van der Waals surface area contributed by atoms with Crippen molar-refractivity contribution in [2.75, 3.05) is 26.8 Å². The number of hydrogen-bond donors (Lipinski definition) is 1.